The molecule has 1 aromatic carbocycles. The maximum Gasteiger partial charge on any atom is 0.272 e. The van der Waals surface area contributed by atoms with Crippen LogP contribution in [0.1, 0.15) is 28.9 Å². The van der Waals surface area contributed by atoms with Gasteiger partial charge in [0.05, 0.1) is 11.8 Å². The average Bonchev–Trinajstić information content (AvgIpc) is 3.44. The van der Waals surface area contributed by atoms with Crippen molar-refractivity contribution in [3.63, 3.8) is 0 Å². The molecule has 1 aliphatic heterocycles. The number of phenols is 1. The Balaban J connectivity index is 1.56. The Morgan fingerprint density at radius 3 is 3.00 bits per heavy atom. The van der Waals surface area contributed by atoms with Crippen LogP contribution in [0.4, 0.5) is 0 Å². The minimum Gasteiger partial charge on any atom is -0.507 e. The van der Waals surface area contributed by atoms with Gasteiger partial charge in [0.15, 0.2) is 0 Å². The lowest BCUT2D eigenvalue weighted by Crippen LogP contribution is -2.37. The van der Waals surface area contributed by atoms with E-state index >= 15 is 0 Å². The molecular formula is C20H21N3O3S. The number of aromatic amines is 1. The molecule has 3 aromatic rings. The minimum atomic E-state index is -0.120. The van der Waals surface area contributed by atoms with Crippen LogP contribution in [0.25, 0.3) is 11.3 Å². The second-order valence-corrected chi connectivity index (χ2v) is 7.42. The Morgan fingerprint density at radius 1 is 1.37 bits per heavy atom. The van der Waals surface area contributed by atoms with Gasteiger partial charge in [-0.15, -0.1) is 0 Å². The van der Waals surface area contributed by atoms with E-state index < -0.39 is 0 Å². The molecule has 1 fully saturated rings. The number of phenolic OH excluding ortho intramolecular Hbond substituents is 1. The summed E-state index contributed by atoms with van der Waals surface area (Å²) in [5.41, 5.74) is 2.65. The largest absolute Gasteiger partial charge is 0.507 e. The number of hydrogen-bond acceptors (Lipinski definition) is 5. The van der Waals surface area contributed by atoms with Crippen LogP contribution in [0, 0.1) is 0 Å². The van der Waals surface area contributed by atoms with Crippen LogP contribution in [0.3, 0.4) is 0 Å². The summed E-state index contributed by atoms with van der Waals surface area (Å²) in [6, 6.07) is 10.7. The molecule has 3 heterocycles. The van der Waals surface area contributed by atoms with E-state index in [4.69, 9.17) is 4.74 Å². The molecule has 2 N–H and O–H groups in total. The van der Waals surface area contributed by atoms with E-state index in [0.29, 0.717) is 30.0 Å². The summed E-state index contributed by atoms with van der Waals surface area (Å²) in [6.45, 7) is 1.85. The fourth-order valence-electron chi connectivity index (χ4n) is 3.29. The number of carbonyl (C=O) groups excluding carboxylic acids is 1. The summed E-state index contributed by atoms with van der Waals surface area (Å²) in [7, 11) is 0. The zero-order valence-corrected chi connectivity index (χ0v) is 15.6. The van der Waals surface area contributed by atoms with Crippen molar-refractivity contribution in [1.29, 1.82) is 0 Å². The van der Waals surface area contributed by atoms with Crippen molar-refractivity contribution >= 4 is 17.2 Å². The molecule has 0 aliphatic carbocycles. The minimum absolute atomic E-state index is 0.0770. The number of hydrogen-bond donors (Lipinski definition) is 2. The number of H-pyrrole nitrogens is 1. The highest BCUT2D eigenvalue weighted by Gasteiger charge is 2.25. The van der Waals surface area contributed by atoms with Gasteiger partial charge >= 0.3 is 0 Å². The molecule has 0 unspecified atom stereocenters. The van der Waals surface area contributed by atoms with Crippen LogP contribution in [-0.2, 0) is 11.3 Å². The zero-order chi connectivity index (χ0) is 18.6. The van der Waals surface area contributed by atoms with Gasteiger partial charge in [-0.05, 0) is 53.4 Å². The fourth-order valence-corrected chi connectivity index (χ4v) is 3.95. The number of nitrogens with zero attached hydrogens (tertiary/aromatic N) is 2. The van der Waals surface area contributed by atoms with E-state index in [0.717, 1.165) is 25.0 Å². The van der Waals surface area contributed by atoms with Crippen molar-refractivity contribution in [2.45, 2.75) is 25.5 Å². The molecule has 140 valence electrons. The highest BCUT2D eigenvalue weighted by molar-refractivity contribution is 7.07. The molecule has 0 bridgehead atoms. The molecule has 1 atom stereocenters. The fraction of sp³-hybridized carbons (Fsp3) is 0.300. The topological polar surface area (TPSA) is 78.4 Å². The predicted molar refractivity (Wildman–Crippen MR) is 104 cm³/mol. The van der Waals surface area contributed by atoms with E-state index in [1.54, 1.807) is 40.5 Å². The molecule has 1 saturated heterocycles. The SMILES string of the molecule is O=C(c1cc(-c2ccccc2O)n[nH]1)N(Cc1ccsc1)C[C@@H]1CCCO1. The lowest BCUT2D eigenvalue weighted by Gasteiger charge is -2.24. The molecule has 27 heavy (non-hydrogen) atoms. The van der Waals surface area contributed by atoms with Gasteiger partial charge in [0, 0.05) is 25.3 Å². The summed E-state index contributed by atoms with van der Waals surface area (Å²) >= 11 is 1.62. The molecular weight excluding hydrogens is 362 g/mol. The normalized spacial score (nSPS) is 16.5. The number of benzene rings is 1. The van der Waals surface area contributed by atoms with Crippen molar-refractivity contribution in [3.05, 3.63) is 58.4 Å². The van der Waals surface area contributed by atoms with Crippen LogP contribution in [0.2, 0.25) is 0 Å². The van der Waals surface area contributed by atoms with Gasteiger partial charge in [-0.2, -0.15) is 16.4 Å². The molecule has 0 saturated carbocycles. The number of para-hydroxylation sites is 1. The zero-order valence-electron chi connectivity index (χ0n) is 14.8. The van der Waals surface area contributed by atoms with Gasteiger partial charge in [-0.1, -0.05) is 12.1 Å². The number of aromatic hydroxyl groups is 1. The lowest BCUT2D eigenvalue weighted by atomic mass is 10.1. The van der Waals surface area contributed by atoms with Gasteiger partial charge in [-0.25, -0.2) is 0 Å². The molecule has 2 aromatic heterocycles. The number of aromatic nitrogens is 2. The van der Waals surface area contributed by atoms with E-state index in [2.05, 4.69) is 15.6 Å². The lowest BCUT2D eigenvalue weighted by molar-refractivity contribution is 0.0503. The Hall–Kier alpha value is -2.64. The molecule has 0 radical (unpaired) electrons. The first-order valence-electron chi connectivity index (χ1n) is 8.96. The summed E-state index contributed by atoms with van der Waals surface area (Å²) in [5.74, 6) is 0.0170. The van der Waals surface area contributed by atoms with Gasteiger partial charge < -0.3 is 14.7 Å². The van der Waals surface area contributed by atoms with Gasteiger partial charge in [0.25, 0.3) is 5.91 Å². The van der Waals surface area contributed by atoms with Crippen LogP contribution in [0.15, 0.2) is 47.2 Å². The third-order valence-electron chi connectivity index (χ3n) is 4.68. The standard InChI is InChI=1S/C20H21N3O3S/c24-19-6-2-1-5-16(19)17-10-18(22-21-17)20(25)23(11-14-7-9-27-13-14)12-15-4-3-8-26-15/h1-2,5-7,9-10,13,15,24H,3-4,8,11-12H2,(H,21,22)/t15-/m0/s1. The molecule has 1 amide bonds. The molecule has 6 nitrogen and oxygen atoms in total. The van der Waals surface area contributed by atoms with Gasteiger partial charge in [0.1, 0.15) is 11.4 Å². The summed E-state index contributed by atoms with van der Waals surface area (Å²) in [4.78, 5) is 14.9. The number of carbonyl (C=O) groups is 1. The monoisotopic (exact) mass is 383 g/mol. The van der Waals surface area contributed by atoms with E-state index in [9.17, 15) is 9.90 Å². The highest BCUT2D eigenvalue weighted by Crippen LogP contribution is 2.28. The predicted octanol–water partition coefficient (Wildman–Crippen LogP) is 3.67. The molecule has 1 aliphatic rings. The first-order valence-corrected chi connectivity index (χ1v) is 9.91. The quantitative estimate of drug-likeness (QED) is 0.681. The number of nitrogens with one attached hydrogen (secondary N) is 1. The maximum absolute atomic E-state index is 13.1. The average molecular weight is 383 g/mol. The second kappa shape index (κ2) is 7.94. The smallest absolute Gasteiger partial charge is 0.272 e. The molecule has 0 spiro atoms. The number of ether oxygens (including phenoxy) is 1. The Bertz CT molecular complexity index is 901. The molecule has 4 rings (SSSR count). The van der Waals surface area contributed by atoms with Gasteiger partial charge in [-0.3, -0.25) is 9.89 Å². The summed E-state index contributed by atoms with van der Waals surface area (Å²) in [6.07, 6.45) is 2.08. The Labute approximate surface area is 161 Å². The first kappa shape index (κ1) is 17.8. The van der Waals surface area contributed by atoms with Crippen LogP contribution < -0.4 is 0 Å². The van der Waals surface area contributed by atoms with Crippen molar-refractivity contribution in [2.24, 2.45) is 0 Å². The van der Waals surface area contributed by atoms with Crippen LogP contribution in [-0.4, -0.2) is 45.4 Å². The van der Waals surface area contributed by atoms with Gasteiger partial charge in [0.2, 0.25) is 0 Å². The van der Waals surface area contributed by atoms with E-state index in [1.807, 2.05) is 17.5 Å². The first-order chi connectivity index (χ1) is 13.2. The second-order valence-electron chi connectivity index (χ2n) is 6.64. The Kier molecular flexibility index (Phi) is 5.22. The van der Waals surface area contributed by atoms with Crippen molar-refractivity contribution in [3.8, 4) is 17.0 Å². The maximum atomic E-state index is 13.1. The Morgan fingerprint density at radius 2 is 2.26 bits per heavy atom. The van der Waals surface area contributed by atoms with Crippen molar-refractivity contribution in [2.75, 3.05) is 13.2 Å². The van der Waals surface area contributed by atoms with Crippen LogP contribution >= 0.6 is 11.3 Å². The number of rotatable bonds is 6. The third-order valence-corrected chi connectivity index (χ3v) is 5.41. The molecule has 7 heteroatoms. The van der Waals surface area contributed by atoms with Crippen molar-refractivity contribution in [1.82, 2.24) is 15.1 Å². The third kappa shape index (κ3) is 4.04. The number of thiophene rings is 1. The van der Waals surface area contributed by atoms with E-state index in [-0.39, 0.29) is 17.8 Å². The van der Waals surface area contributed by atoms with Crippen molar-refractivity contribution < 1.29 is 14.6 Å². The summed E-state index contributed by atoms with van der Waals surface area (Å²) in [5, 5.41) is 21.1. The van der Waals surface area contributed by atoms with E-state index in [1.165, 1.54) is 0 Å². The highest BCUT2D eigenvalue weighted by atomic mass is 32.1. The number of amides is 1. The summed E-state index contributed by atoms with van der Waals surface area (Å²) < 4.78 is 5.73. The van der Waals surface area contributed by atoms with Crippen LogP contribution in [0.5, 0.6) is 5.75 Å².